The Kier molecular flexibility index (Phi) is 4.90. The summed E-state index contributed by atoms with van der Waals surface area (Å²) in [5, 5.41) is 19.1. The zero-order chi connectivity index (χ0) is 16.4. The number of aliphatic hydroxyl groups excluding tert-OH is 2. The Balaban J connectivity index is 2.44. The van der Waals surface area contributed by atoms with Crippen LogP contribution in [0.1, 0.15) is 17.2 Å². The van der Waals surface area contributed by atoms with Crippen molar-refractivity contribution in [3.63, 3.8) is 0 Å². The van der Waals surface area contributed by atoms with Gasteiger partial charge in [-0.1, -0.05) is 23.7 Å². The molecule has 8 heteroatoms. The number of nitrogens with two attached hydrogens (primary N) is 1. The predicted molar refractivity (Wildman–Crippen MR) is 78.6 cm³/mol. The molecule has 0 amide bonds. The topological polar surface area (TPSA) is 92.3 Å². The van der Waals surface area contributed by atoms with E-state index >= 15 is 0 Å². The predicted octanol–water partition coefficient (Wildman–Crippen LogP) is 2.35. The standard InChI is InChI=1S/C14H14ClF2N3O2/c1-6-2-3-7(10(21)11(22)13(16)17)4-8(6)9-5-19-14(18)12(15)20-9/h2-5,10-11,13,21-22H,1H3,(H2,18,19). The summed E-state index contributed by atoms with van der Waals surface area (Å²) in [5.41, 5.74) is 7.35. The molecule has 0 aliphatic heterocycles. The lowest BCUT2D eigenvalue weighted by atomic mass is 9.97. The van der Waals surface area contributed by atoms with E-state index in [1.165, 1.54) is 18.3 Å². The maximum atomic E-state index is 12.5. The highest BCUT2D eigenvalue weighted by atomic mass is 35.5. The second-order valence-corrected chi connectivity index (χ2v) is 5.13. The Morgan fingerprint density at radius 3 is 2.55 bits per heavy atom. The van der Waals surface area contributed by atoms with Crippen molar-refractivity contribution in [3.05, 3.63) is 40.7 Å². The van der Waals surface area contributed by atoms with Gasteiger partial charge < -0.3 is 15.9 Å². The summed E-state index contributed by atoms with van der Waals surface area (Å²) in [5.74, 6) is 0.0763. The van der Waals surface area contributed by atoms with Crippen LogP contribution in [0.25, 0.3) is 11.3 Å². The first-order chi connectivity index (χ1) is 10.3. The molecule has 0 saturated heterocycles. The number of aliphatic hydroxyl groups is 2. The number of alkyl halides is 2. The molecule has 0 aliphatic rings. The van der Waals surface area contributed by atoms with Crippen molar-refractivity contribution < 1.29 is 19.0 Å². The number of aromatic nitrogens is 2. The largest absolute Gasteiger partial charge is 0.385 e. The summed E-state index contributed by atoms with van der Waals surface area (Å²) >= 11 is 5.82. The Morgan fingerprint density at radius 1 is 1.27 bits per heavy atom. The molecule has 1 aromatic carbocycles. The SMILES string of the molecule is Cc1ccc(C(O)C(O)C(F)F)cc1-c1cnc(N)c(Cl)n1. The van der Waals surface area contributed by atoms with E-state index in [0.717, 1.165) is 5.56 Å². The Bertz CT molecular complexity index is 685. The number of halogens is 3. The first-order valence-corrected chi connectivity index (χ1v) is 6.72. The Labute approximate surface area is 130 Å². The lowest BCUT2D eigenvalue weighted by Gasteiger charge is -2.18. The molecule has 2 aromatic rings. The van der Waals surface area contributed by atoms with Crippen LogP contribution >= 0.6 is 11.6 Å². The Hall–Kier alpha value is -1.83. The van der Waals surface area contributed by atoms with Gasteiger partial charge in [0.15, 0.2) is 11.0 Å². The van der Waals surface area contributed by atoms with Gasteiger partial charge in [0, 0.05) is 5.56 Å². The van der Waals surface area contributed by atoms with Gasteiger partial charge in [0.25, 0.3) is 6.43 Å². The van der Waals surface area contributed by atoms with E-state index in [1.54, 1.807) is 13.0 Å². The number of benzene rings is 1. The first-order valence-electron chi connectivity index (χ1n) is 6.34. The third kappa shape index (κ3) is 3.32. The lowest BCUT2D eigenvalue weighted by Crippen LogP contribution is -2.26. The van der Waals surface area contributed by atoms with Gasteiger partial charge in [-0.25, -0.2) is 18.7 Å². The number of anilines is 1. The summed E-state index contributed by atoms with van der Waals surface area (Å²) in [6, 6.07) is 4.54. The minimum Gasteiger partial charge on any atom is -0.385 e. The minimum atomic E-state index is -3.05. The number of hydrogen-bond donors (Lipinski definition) is 3. The number of nitrogens with zero attached hydrogens (tertiary/aromatic N) is 2. The number of aryl methyl sites for hydroxylation is 1. The van der Waals surface area contributed by atoms with E-state index in [0.29, 0.717) is 11.3 Å². The van der Waals surface area contributed by atoms with Crippen LogP contribution < -0.4 is 5.73 Å². The molecule has 0 spiro atoms. The van der Waals surface area contributed by atoms with E-state index in [-0.39, 0.29) is 16.5 Å². The molecular weight excluding hydrogens is 316 g/mol. The van der Waals surface area contributed by atoms with Gasteiger partial charge in [0.05, 0.1) is 11.9 Å². The summed E-state index contributed by atoms with van der Waals surface area (Å²) < 4.78 is 25.0. The highest BCUT2D eigenvalue weighted by molar-refractivity contribution is 6.31. The fourth-order valence-electron chi connectivity index (χ4n) is 1.94. The summed E-state index contributed by atoms with van der Waals surface area (Å²) in [4.78, 5) is 7.96. The first kappa shape index (κ1) is 16.5. The van der Waals surface area contributed by atoms with Gasteiger partial charge in [-0.2, -0.15) is 0 Å². The smallest absolute Gasteiger partial charge is 0.266 e. The second kappa shape index (κ2) is 6.51. The van der Waals surface area contributed by atoms with E-state index in [1.807, 2.05) is 0 Å². The molecule has 5 nitrogen and oxygen atoms in total. The highest BCUT2D eigenvalue weighted by Gasteiger charge is 2.27. The monoisotopic (exact) mass is 329 g/mol. The number of rotatable bonds is 4. The maximum Gasteiger partial charge on any atom is 0.266 e. The molecule has 1 aromatic heterocycles. The van der Waals surface area contributed by atoms with Crippen molar-refractivity contribution in [1.29, 1.82) is 0 Å². The summed E-state index contributed by atoms with van der Waals surface area (Å²) in [7, 11) is 0. The zero-order valence-corrected chi connectivity index (χ0v) is 12.3. The van der Waals surface area contributed by atoms with Gasteiger partial charge in [-0.05, 0) is 24.1 Å². The zero-order valence-electron chi connectivity index (χ0n) is 11.5. The van der Waals surface area contributed by atoms with Gasteiger partial charge >= 0.3 is 0 Å². The summed E-state index contributed by atoms with van der Waals surface area (Å²) in [6.07, 6.45) is -5.54. The molecular formula is C14H14ClF2N3O2. The van der Waals surface area contributed by atoms with Crippen LogP contribution in [0.5, 0.6) is 0 Å². The van der Waals surface area contributed by atoms with Crippen LogP contribution in [-0.4, -0.2) is 32.7 Å². The number of hydrogen-bond acceptors (Lipinski definition) is 5. The van der Waals surface area contributed by atoms with Crippen LogP contribution in [0.2, 0.25) is 5.15 Å². The van der Waals surface area contributed by atoms with Crippen LogP contribution in [-0.2, 0) is 0 Å². The van der Waals surface area contributed by atoms with E-state index < -0.39 is 18.6 Å². The molecule has 0 radical (unpaired) electrons. The maximum absolute atomic E-state index is 12.5. The molecule has 118 valence electrons. The average Bonchev–Trinajstić information content (AvgIpc) is 2.49. The lowest BCUT2D eigenvalue weighted by molar-refractivity contribution is -0.0771. The van der Waals surface area contributed by atoms with Crippen molar-refractivity contribution in [1.82, 2.24) is 9.97 Å². The molecule has 0 aliphatic carbocycles. The van der Waals surface area contributed by atoms with Crippen molar-refractivity contribution in [2.45, 2.75) is 25.6 Å². The molecule has 1 heterocycles. The Morgan fingerprint density at radius 2 is 1.95 bits per heavy atom. The summed E-state index contributed by atoms with van der Waals surface area (Å²) in [6.45, 7) is 1.78. The van der Waals surface area contributed by atoms with Crippen LogP contribution in [0.15, 0.2) is 24.4 Å². The molecule has 0 saturated carbocycles. The second-order valence-electron chi connectivity index (χ2n) is 4.78. The van der Waals surface area contributed by atoms with Crippen LogP contribution in [0.3, 0.4) is 0 Å². The average molecular weight is 330 g/mol. The van der Waals surface area contributed by atoms with Gasteiger partial charge in [0.2, 0.25) is 0 Å². The quantitative estimate of drug-likeness (QED) is 0.800. The van der Waals surface area contributed by atoms with E-state index in [9.17, 15) is 19.0 Å². The molecule has 2 atom stereocenters. The van der Waals surface area contributed by atoms with Crippen molar-refractivity contribution >= 4 is 17.4 Å². The molecule has 4 N–H and O–H groups in total. The van der Waals surface area contributed by atoms with Gasteiger partial charge in [-0.3, -0.25) is 0 Å². The molecule has 2 rings (SSSR count). The minimum absolute atomic E-state index is 0.0236. The van der Waals surface area contributed by atoms with Crippen molar-refractivity contribution in [3.8, 4) is 11.3 Å². The van der Waals surface area contributed by atoms with Gasteiger partial charge in [-0.15, -0.1) is 0 Å². The normalized spacial score (nSPS) is 14.1. The van der Waals surface area contributed by atoms with Crippen molar-refractivity contribution in [2.75, 3.05) is 5.73 Å². The van der Waals surface area contributed by atoms with E-state index in [4.69, 9.17) is 17.3 Å². The molecule has 2 unspecified atom stereocenters. The van der Waals surface area contributed by atoms with Gasteiger partial charge in [0.1, 0.15) is 12.2 Å². The molecule has 0 fully saturated rings. The molecule has 22 heavy (non-hydrogen) atoms. The fraction of sp³-hybridized carbons (Fsp3) is 0.286. The van der Waals surface area contributed by atoms with Crippen molar-refractivity contribution in [2.24, 2.45) is 0 Å². The highest BCUT2D eigenvalue weighted by Crippen LogP contribution is 2.29. The van der Waals surface area contributed by atoms with Crippen LogP contribution in [0, 0.1) is 6.92 Å². The van der Waals surface area contributed by atoms with E-state index in [2.05, 4.69) is 9.97 Å². The third-order valence-electron chi connectivity index (χ3n) is 3.22. The molecule has 0 bridgehead atoms. The number of nitrogen functional groups attached to an aromatic ring is 1. The van der Waals surface area contributed by atoms with Crippen LogP contribution in [0.4, 0.5) is 14.6 Å². The fourth-order valence-corrected chi connectivity index (χ4v) is 2.08. The third-order valence-corrected chi connectivity index (χ3v) is 3.49.